The van der Waals surface area contributed by atoms with Crippen LogP contribution in [0.15, 0.2) is 30.3 Å². The molecule has 0 aromatic heterocycles. The Hall–Kier alpha value is -2.69. The van der Waals surface area contributed by atoms with Gasteiger partial charge in [0.15, 0.2) is 6.10 Å². The Kier molecular flexibility index (Phi) is 7.59. The molecular formula is C17H9F15O3. The quantitative estimate of drug-likeness (QED) is 0.211. The third-order valence-electron chi connectivity index (χ3n) is 4.30. The zero-order valence-corrected chi connectivity index (χ0v) is 16.4. The molecule has 35 heavy (non-hydrogen) atoms. The summed E-state index contributed by atoms with van der Waals surface area (Å²) < 4.78 is 200. The van der Waals surface area contributed by atoms with Crippen molar-refractivity contribution in [2.24, 2.45) is 0 Å². The molecule has 0 heterocycles. The largest absolute Gasteiger partial charge is 0.460 e. The number of esters is 1. The summed E-state index contributed by atoms with van der Waals surface area (Å²) in [4.78, 5) is 23.2. The van der Waals surface area contributed by atoms with Gasteiger partial charge in [0.1, 0.15) is 0 Å². The molecule has 0 aliphatic carbocycles. The molecule has 0 spiro atoms. The summed E-state index contributed by atoms with van der Waals surface area (Å²) in [6.07, 6.45) is -10.2. The molecule has 0 saturated heterocycles. The van der Waals surface area contributed by atoms with E-state index in [0.717, 1.165) is 24.3 Å². The highest BCUT2D eigenvalue weighted by molar-refractivity contribution is 6.00. The van der Waals surface area contributed by atoms with Crippen LogP contribution in [0.1, 0.15) is 17.3 Å². The van der Waals surface area contributed by atoms with Crippen molar-refractivity contribution in [1.29, 1.82) is 0 Å². The summed E-state index contributed by atoms with van der Waals surface area (Å²) in [6, 6.07) is 5.53. The second-order valence-electron chi connectivity index (χ2n) is 6.72. The van der Waals surface area contributed by atoms with Crippen LogP contribution in [-0.4, -0.2) is 59.6 Å². The highest BCUT2D eigenvalue weighted by Gasteiger charge is 2.94. The molecule has 0 fully saturated rings. The van der Waals surface area contributed by atoms with Gasteiger partial charge >= 0.3 is 47.7 Å². The van der Waals surface area contributed by atoms with E-state index in [0.29, 0.717) is 6.92 Å². The van der Waals surface area contributed by atoms with Crippen LogP contribution in [0, 0.1) is 0 Å². The van der Waals surface area contributed by atoms with Crippen molar-refractivity contribution < 1.29 is 80.2 Å². The van der Waals surface area contributed by atoms with E-state index >= 15 is 0 Å². The molecule has 0 radical (unpaired) electrons. The van der Waals surface area contributed by atoms with E-state index in [1.807, 2.05) is 0 Å². The Morgan fingerprint density at radius 2 is 1.00 bits per heavy atom. The molecule has 0 bridgehead atoms. The summed E-state index contributed by atoms with van der Waals surface area (Å²) in [7, 11) is 0. The number of benzene rings is 1. The fraction of sp³-hybridized carbons (Fsp3) is 0.529. The van der Waals surface area contributed by atoms with Crippen LogP contribution in [0.25, 0.3) is 0 Å². The first-order chi connectivity index (χ1) is 15.3. The monoisotopic (exact) mass is 546 g/mol. The number of halogens is 15. The Labute approximate surface area is 183 Å². The van der Waals surface area contributed by atoms with E-state index in [2.05, 4.69) is 4.74 Å². The smallest absolute Gasteiger partial charge is 0.450 e. The van der Waals surface area contributed by atoms with Crippen LogP contribution < -0.4 is 0 Å². The van der Waals surface area contributed by atoms with Crippen molar-refractivity contribution in [2.45, 2.75) is 54.7 Å². The van der Waals surface area contributed by atoms with Gasteiger partial charge in [-0.2, -0.15) is 65.9 Å². The van der Waals surface area contributed by atoms with Crippen LogP contribution in [0.3, 0.4) is 0 Å². The summed E-state index contributed by atoms with van der Waals surface area (Å²) in [5.74, 6) is -54.1. The molecule has 1 unspecified atom stereocenters. The standard InChI is InChI=1S/C17H9F15O3/c1-7(9(33)8-5-3-2-4-6-8)35-10(34)11(18,19)12(20,21)13(22,23)14(24,25)15(26,27)16(28,29)17(30,31)32/h2-7H,1H3. The van der Waals surface area contributed by atoms with Gasteiger partial charge in [-0.25, -0.2) is 4.79 Å². The number of hydrogen-bond donors (Lipinski definition) is 0. The molecule has 18 heteroatoms. The predicted octanol–water partition coefficient (Wildman–Crippen LogP) is 6.18. The van der Waals surface area contributed by atoms with Gasteiger partial charge in [0.2, 0.25) is 5.78 Å². The van der Waals surface area contributed by atoms with Gasteiger partial charge in [0.25, 0.3) is 0 Å². The molecule has 1 rings (SSSR count). The molecular weight excluding hydrogens is 537 g/mol. The second-order valence-corrected chi connectivity index (χ2v) is 6.72. The van der Waals surface area contributed by atoms with Gasteiger partial charge in [-0.3, -0.25) is 4.79 Å². The number of ketones is 1. The van der Waals surface area contributed by atoms with Crippen LogP contribution in [0.5, 0.6) is 0 Å². The third kappa shape index (κ3) is 4.50. The maximum Gasteiger partial charge on any atom is 0.460 e. The van der Waals surface area contributed by atoms with Crippen molar-refractivity contribution in [1.82, 2.24) is 0 Å². The van der Waals surface area contributed by atoms with Gasteiger partial charge < -0.3 is 4.74 Å². The van der Waals surface area contributed by atoms with Gasteiger partial charge in [0.05, 0.1) is 0 Å². The van der Waals surface area contributed by atoms with Crippen LogP contribution >= 0.6 is 0 Å². The third-order valence-corrected chi connectivity index (χ3v) is 4.30. The molecule has 3 nitrogen and oxygen atoms in total. The minimum absolute atomic E-state index is 0.409. The number of hydrogen-bond acceptors (Lipinski definition) is 3. The predicted molar refractivity (Wildman–Crippen MR) is 82.1 cm³/mol. The number of carbonyl (C=O) groups is 2. The number of rotatable bonds is 9. The highest BCUT2D eigenvalue weighted by Crippen LogP contribution is 2.62. The average molecular weight is 546 g/mol. The van der Waals surface area contributed by atoms with E-state index in [4.69, 9.17) is 0 Å². The first kappa shape index (κ1) is 30.3. The van der Waals surface area contributed by atoms with Gasteiger partial charge in [-0.05, 0) is 6.92 Å². The SMILES string of the molecule is CC(OC(=O)C(F)(F)C(F)(F)C(F)(F)C(F)(F)C(F)(F)C(F)(F)C(F)(F)F)C(=O)c1ccccc1. The summed E-state index contributed by atoms with van der Waals surface area (Å²) >= 11 is 0. The Bertz CT molecular complexity index is 938. The number of carbonyl (C=O) groups excluding carboxylic acids is 2. The number of Topliss-reactive ketones (excluding diaryl/α,β-unsaturated/α-hetero) is 1. The van der Waals surface area contributed by atoms with Crippen molar-refractivity contribution >= 4 is 11.8 Å². The van der Waals surface area contributed by atoms with E-state index in [1.54, 1.807) is 0 Å². The lowest BCUT2D eigenvalue weighted by atomic mass is 9.91. The Morgan fingerprint density at radius 1 is 0.629 bits per heavy atom. The molecule has 0 amide bonds. The minimum Gasteiger partial charge on any atom is -0.450 e. The lowest BCUT2D eigenvalue weighted by molar-refractivity contribution is -0.450. The zero-order valence-electron chi connectivity index (χ0n) is 16.4. The lowest BCUT2D eigenvalue weighted by Gasteiger charge is -2.40. The molecule has 1 atom stereocenters. The second kappa shape index (κ2) is 8.76. The maximum absolute atomic E-state index is 13.8. The summed E-state index contributed by atoms with van der Waals surface area (Å²) in [6.45, 7) is 0.409. The number of alkyl halides is 15. The lowest BCUT2D eigenvalue weighted by Crippen LogP contribution is -2.73. The van der Waals surface area contributed by atoms with Crippen molar-refractivity contribution in [3.63, 3.8) is 0 Å². The molecule has 0 aliphatic rings. The van der Waals surface area contributed by atoms with Crippen LogP contribution in [-0.2, 0) is 9.53 Å². The van der Waals surface area contributed by atoms with E-state index in [9.17, 15) is 75.4 Å². The average Bonchev–Trinajstić information content (AvgIpc) is 2.71. The minimum atomic E-state index is -8.53. The normalized spacial score (nSPS) is 15.5. The van der Waals surface area contributed by atoms with Gasteiger partial charge in [-0.1, -0.05) is 30.3 Å². The fourth-order valence-electron chi connectivity index (χ4n) is 2.22. The van der Waals surface area contributed by atoms with E-state index < -0.39 is 65.1 Å². The van der Waals surface area contributed by atoms with Crippen LogP contribution in [0.4, 0.5) is 65.9 Å². The first-order valence-corrected chi connectivity index (χ1v) is 8.46. The van der Waals surface area contributed by atoms with Crippen molar-refractivity contribution in [3.05, 3.63) is 35.9 Å². The highest BCUT2D eigenvalue weighted by atomic mass is 19.4. The Morgan fingerprint density at radius 3 is 1.40 bits per heavy atom. The maximum atomic E-state index is 13.8. The first-order valence-electron chi connectivity index (χ1n) is 8.46. The van der Waals surface area contributed by atoms with Crippen LogP contribution in [0.2, 0.25) is 0 Å². The number of ether oxygens (including phenoxy) is 1. The fourth-order valence-corrected chi connectivity index (χ4v) is 2.22. The van der Waals surface area contributed by atoms with Crippen molar-refractivity contribution in [2.75, 3.05) is 0 Å². The zero-order chi connectivity index (χ0) is 28.1. The van der Waals surface area contributed by atoms with Gasteiger partial charge in [0, 0.05) is 5.56 Å². The topological polar surface area (TPSA) is 43.4 Å². The van der Waals surface area contributed by atoms with Crippen molar-refractivity contribution in [3.8, 4) is 0 Å². The van der Waals surface area contributed by atoms with E-state index in [-0.39, 0.29) is 0 Å². The Balaban J connectivity index is 3.39. The van der Waals surface area contributed by atoms with E-state index in [1.165, 1.54) is 6.07 Å². The molecule has 1 aromatic rings. The van der Waals surface area contributed by atoms with Gasteiger partial charge in [-0.15, -0.1) is 0 Å². The molecule has 0 N–H and O–H groups in total. The summed E-state index contributed by atoms with van der Waals surface area (Å²) in [5, 5.41) is 0. The summed E-state index contributed by atoms with van der Waals surface area (Å²) in [5.41, 5.74) is -0.436. The molecule has 1 aromatic carbocycles. The molecule has 0 aliphatic heterocycles. The molecule has 200 valence electrons. The molecule has 0 saturated carbocycles.